The van der Waals surface area contributed by atoms with E-state index in [2.05, 4.69) is 407 Å². The van der Waals surface area contributed by atoms with E-state index in [1.165, 1.54) is 128 Å². The van der Waals surface area contributed by atoms with Gasteiger partial charge in [0, 0.05) is 129 Å². The molecule has 0 atom stereocenters. The number of fused-ring (bicyclic) bond motifs is 28. The van der Waals surface area contributed by atoms with E-state index < -0.39 is 0 Å². The Morgan fingerprint density at radius 3 is 1.16 bits per heavy atom. The van der Waals surface area contributed by atoms with Crippen LogP contribution in [0.25, 0.3) is 284 Å². The van der Waals surface area contributed by atoms with Crippen molar-refractivity contribution >= 4 is 227 Å². The Kier molecular flexibility index (Phi) is 16.0. The van der Waals surface area contributed by atoms with Gasteiger partial charge in [0.1, 0.15) is 11.2 Å². The highest BCUT2D eigenvalue weighted by molar-refractivity contribution is 7.25. The fourth-order valence-electron chi connectivity index (χ4n) is 22.2. The molecule has 0 N–H and O–H groups in total. The van der Waals surface area contributed by atoms with Crippen LogP contribution in [0.2, 0.25) is 0 Å². The Bertz CT molecular complexity index is 10400. The van der Waals surface area contributed by atoms with Crippen molar-refractivity contribution in [1.82, 2.24) is 38.2 Å². The van der Waals surface area contributed by atoms with Crippen molar-refractivity contribution in [1.29, 1.82) is 0 Å². The Morgan fingerprint density at radius 1 is 0.187 bits per heavy atom. The van der Waals surface area contributed by atoms with Crippen LogP contribution < -0.4 is 0 Å². The zero-order valence-corrected chi connectivity index (χ0v) is 72.8. The number of furan rings is 1. The number of nitrogens with zero attached hydrogens (tertiary/aromatic N) is 8. The average Bonchev–Trinajstić information content (AvgIpc) is 1.55. The lowest BCUT2D eigenvalue weighted by Crippen LogP contribution is -1.99. The van der Waals surface area contributed by atoms with Crippen LogP contribution >= 0.6 is 11.3 Å². The number of hydrogen-bond donors (Lipinski definition) is 0. The summed E-state index contributed by atoms with van der Waals surface area (Å²) in [6.45, 7) is 0. The zero-order valence-electron chi connectivity index (χ0n) is 72.0. The molecule has 9 nitrogen and oxygen atoms in total. The van der Waals surface area contributed by atoms with E-state index >= 15 is 0 Å². The molecule has 0 aliphatic rings. The van der Waals surface area contributed by atoms with Gasteiger partial charge in [0.2, 0.25) is 0 Å². The predicted molar refractivity (Wildman–Crippen MR) is 563 cm³/mol. The van der Waals surface area contributed by atoms with E-state index in [-0.39, 0.29) is 0 Å². The number of hydrogen-bond acceptors (Lipinski definition) is 6. The van der Waals surface area contributed by atoms with Crippen molar-refractivity contribution in [2.24, 2.45) is 0 Å². The molecule has 8 heterocycles. The molecule has 0 aliphatic heterocycles. The molecular weight excluding hydrogens is 1650 g/mol. The van der Waals surface area contributed by atoms with Crippen LogP contribution in [0, 0.1) is 0 Å². The van der Waals surface area contributed by atoms with Gasteiger partial charge in [0.25, 0.3) is 0 Å². The first-order valence-electron chi connectivity index (χ1n) is 45.6. The summed E-state index contributed by atoms with van der Waals surface area (Å²) in [6.07, 6.45) is 0. The maximum atomic E-state index is 6.23. The summed E-state index contributed by atoms with van der Waals surface area (Å²) in [7, 11) is 0. The molecule has 30 rings (SSSR count). The summed E-state index contributed by atoms with van der Waals surface area (Å²) in [5.41, 5.74) is 26.8. The van der Waals surface area contributed by atoms with Crippen molar-refractivity contribution < 1.29 is 4.42 Å². The summed E-state index contributed by atoms with van der Waals surface area (Å²) in [4.78, 5) is 21.6. The molecule has 0 saturated heterocycles. The molecule has 0 saturated carbocycles. The molecule has 22 aromatic carbocycles. The zero-order chi connectivity index (χ0) is 87.5. The van der Waals surface area contributed by atoms with Gasteiger partial charge >= 0.3 is 0 Å². The molecule has 0 radical (unpaired) electrons. The monoisotopic (exact) mass is 1720 g/mol. The normalized spacial score (nSPS) is 12.2. The lowest BCUT2D eigenvalue weighted by atomic mass is 9.96. The Labute approximate surface area is 769 Å². The van der Waals surface area contributed by atoms with Crippen LogP contribution in [-0.2, 0) is 0 Å². The molecule has 0 spiro atoms. The Morgan fingerprint density at radius 2 is 0.575 bits per heavy atom. The first-order chi connectivity index (χ1) is 66.4. The van der Waals surface area contributed by atoms with Crippen molar-refractivity contribution in [3.05, 3.63) is 437 Å². The molecule has 0 fully saturated rings. The average molecular weight is 1720 g/mol. The third-order valence-electron chi connectivity index (χ3n) is 28.1. The number of para-hydroxylation sites is 9. The van der Waals surface area contributed by atoms with Gasteiger partial charge < -0.3 is 22.7 Å². The fraction of sp³-hybridized carbons (Fsp3) is 0. The van der Waals surface area contributed by atoms with Gasteiger partial charge in [-0.1, -0.05) is 291 Å². The van der Waals surface area contributed by atoms with Crippen LogP contribution in [0.5, 0.6) is 0 Å². The molecule has 0 unspecified atom stereocenters. The van der Waals surface area contributed by atoms with E-state index in [4.69, 9.17) is 24.4 Å². The topological polar surface area (TPSA) is 84.4 Å². The standard InChI is InChI=1S/C62H36N4O.C62H36N4S/c1-2-16-43-37(13-1)27-30-48-44-17-3-9-24-55(44)66(62(43)48)56-25-12-15-39-34-50-45-18-4-8-23-54(45)65(57(50)36-49(39)56)41-29-31-42-38(33-41)14-11-20-47(42)61-60(63-52-21-6-7-22-53(52)64-61)40-28-32-59-51(35-40)46-19-5-10-26-58(46)67-59;1-2-16-40-37(14-1)30-32-47-43-17-3-9-26-55(43)66(62(40)47)56-27-11-15-38-34-49-44-18-4-8-25-53(44)65(57(49)36-48(38)56)54-28-13-20-41-42(54)21-12-22-46(41)61-60(63-51-23-6-7-24-52(51)64-61)39-31-33-59-50(35-39)45-19-5-10-29-58(45)67-59/h2*1-36H. The summed E-state index contributed by atoms with van der Waals surface area (Å²) in [5, 5.41) is 28.8. The van der Waals surface area contributed by atoms with Crippen molar-refractivity contribution in [2.75, 3.05) is 0 Å². The fourth-order valence-corrected chi connectivity index (χ4v) is 23.3. The highest BCUT2D eigenvalue weighted by Crippen LogP contribution is 2.49. The van der Waals surface area contributed by atoms with E-state index in [9.17, 15) is 0 Å². The minimum atomic E-state index is 0.837. The second-order valence-electron chi connectivity index (χ2n) is 35.3. The summed E-state index contributed by atoms with van der Waals surface area (Å²) in [5.74, 6) is 0. The molecule has 620 valence electrons. The number of thiophene rings is 1. The van der Waals surface area contributed by atoms with Crippen molar-refractivity contribution in [3.8, 4) is 67.8 Å². The van der Waals surface area contributed by atoms with Gasteiger partial charge in [-0.3, -0.25) is 0 Å². The molecule has 0 aliphatic carbocycles. The third kappa shape index (κ3) is 11.1. The lowest BCUT2D eigenvalue weighted by molar-refractivity contribution is 0.669. The second kappa shape index (κ2) is 28.9. The summed E-state index contributed by atoms with van der Waals surface area (Å²) < 4.78 is 18.7. The van der Waals surface area contributed by atoms with Gasteiger partial charge in [-0.05, 0) is 183 Å². The van der Waals surface area contributed by atoms with E-state index in [1.54, 1.807) is 0 Å². The maximum Gasteiger partial charge on any atom is 0.135 e. The van der Waals surface area contributed by atoms with Gasteiger partial charge in [-0.15, -0.1) is 11.3 Å². The van der Waals surface area contributed by atoms with E-state index in [0.29, 0.717) is 0 Å². The highest BCUT2D eigenvalue weighted by Gasteiger charge is 2.27. The first-order valence-corrected chi connectivity index (χ1v) is 46.4. The van der Waals surface area contributed by atoms with Crippen molar-refractivity contribution in [2.45, 2.75) is 0 Å². The van der Waals surface area contributed by atoms with E-state index in [0.717, 1.165) is 155 Å². The largest absolute Gasteiger partial charge is 0.456 e. The first kappa shape index (κ1) is 74.3. The predicted octanol–water partition coefficient (Wildman–Crippen LogP) is 33.5. The maximum absolute atomic E-state index is 6.23. The third-order valence-corrected chi connectivity index (χ3v) is 29.3. The molecular formula is C124H72N8OS. The van der Waals surface area contributed by atoms with Crippen LogP contribution in [0.15, 0.2) is 441 Å². The second-order valence-corrected chi connectivity index (χ2v) is 36.4. The Balaban J connectivity index is 0.000000131. The molecule has 0 bridgehead atoms. The number of rotatable bonds is 8. The molecule has 0 amide bonds. The van der Waals surface area contributed by atoms with Crippen LogP contribution in [0.1, 0.15) is 0 Å². The molecule has 10 heteroatoms. The molecule has 30 aromatic rings. The van der Waals surface area contributed by atoms with Gasteiger partial charge in [0.15, 0.2) is 0 Å². The molecule has 134 heavy (non-hydrogen) atoms. The summed E-state index contributed by atoms with van der Waals surface area (Å²) in [6, 6.07) is 158. The lowest BCUT2D eigenvalue weighted by Gasteiger charge is -2.16. The van der Waals surface area contributed by atoms with Gasteiger partial charge in [-0.25, -0.2) is 19.9 Å². The summed E-state index contributed by atoms with van der Waals surface area (Å²) >= 11 is 1.83. The highest BCUT2D eigenvalue weighted by atomic mass is 32.1. The SMILES string of the molecule is c1cc(-c2nc3ccccc3nc2-c2ccc3oc4ccccc4c3c2)c2ccc(-n3c4ccccc4c4cc5cccc(-n6c7ccccc7c7ccc8ccccc8c76)c5cc43)cc2c1.c1cc(-n2c3ccccc3c3ccc4ccccc4c32)c2cc3c(cc2c1)c1ccccc1n3-c1cccc2c(-c3nc4ccccc4nc3-c3ccc4sc5ccccc5c4c3)cccc12. The molecule has 8 aromatic heterocycles. The smallest absolute Gasteiger partial charge is 0.135 e. The van der Waals surface area contributed by atoms with Gasteiger partial charge in [-0.2, -0.15) is 0 Å². The minimum absolute atomic E-state index is 0.837. The van der Waals surface area contributed by atoms with E-state index in [1.807, 2.05) is 59.9 Å². The van der Waals surface area contributed by atoms with Crippen molar-refractivity contribution in [3.63, 3.8) is 0 Å². The van der Waals surface area contributed by atoms with Crippen LogP contribution in [-0.4, -0.2) is 38.2 Å². The minimum Gasteiger partial charge on any atom is -0.456 e. The quantitative estimate of drug-likeness (QED) is 0.151. The van der Waals surface area contributed by atoms with Gasteiger partial charge in [0.05, 0.1) is 106 Å². The van der Waals surface area contributed by atoms with Crippen LogP contribution in [0.3, 0.4) is 0 Å². The Hall–Kier alpha value is -17.7. The van der Waals surface area contributed by atoms with Crippen LogP contribution in [0.4, 0.5) is 0 Å². The number of aromatic nitrogens is 8. The number of benzene rings is 22.